The van der Waals surface area contributed by atoms with Crippen LogP contribution in [0.2, 0.25) is 0 Å². The maximum Gasteiger partial charge on any atom is 0.197 e. The zero-order valence-corrected chi connectivity index (χ0v) is 7.71. The van der Waals surface area contributed by atoms with Gasteiger partial charge in [0.1, 0.15) is 5.82 Å². The first kappa shape index (κ1) is 8.74. The van der Waals surface area contributed by atoms with Crippen LogP contribution in [-0.2, 0) is 0 Å². The quantitative estimate of drug-likeness (QED) is 0.725. The lowest BCUT2D eigenvalue weighted by Crippen LogP contribution is -1.88. The summed E-state index contributed by atoms with van der Waals surface area (Å²) in [4.78, 5) is 6.59. The zero-order valence-electron chi connectivity index (χ0n) is 7.71. The fourth-order valence-corrected chi connectivity index (χ4v) is 1.31. The summed E-state index contributed by atoms with van der Waals surface area (Å²) in [5.74, 6) is 0.0219. The Kier molecular flexibility index (Phi) is 1.96. The molecule has 0 saturated heterocycles. The molecule has 0 aliphatic carbocycles. The molecule has 0 aliphatic rings. The highest BCUT2D eigenvalue weighted by molar-refractivity contribution is 5.61. The molecule has 2 rings (SSSR count). The van der Waals surface area contributed by atoms with E-state index in [0.717, 1.165) is 5.56 Å². The van der Waals surface area contributed by atoms with Crippen LogP contribution in [0.25, 0.3) is 11.3 Å². The summed E-state index contributed by atoms with van der Waals surface area (Å²) in [6, 6.07) is 5.03. The topological polar surface area (TPSA) is 54.7 Å². The minimum absolute atomic E-state index is 0.270. The average molecular weight is 191 g/mol. The second-order valence-electron chi connectivity index (χ2n) is 3.17. The van der Waals surface area contributed by atoms with Gasteiger partial charge >= 0.3 is 0 Å². The minimum Gasteiger partial charge on any atom is -0.369 e. The van der Waals surface area contributed by atoms with E-state index in [9.17, 15) is 4.39 Å². The Bertz CT molecular complexity index is 462. The van der Waals surface area contributed by atoms with Gasteiger partial charge in [-0.25, -0.2) is 9.37 Å². The Morgan fingerprint density at radius 1 is 1.43 bits per heavy atom. The smallest absolute Gasteiger partial charge is 0.197 e. The van der Waals surface area contributed by atoms with Crippen molar-refractivity contribution in [1.82, 2.24) is 9.97 Å². The van der Waals surface area contributed by atoms with Crippen molar-refractivity contribution >= 4 is 5.95 Å². The summed E-state index contributed by atoms with van der Waals surface area (Å²) in [6.07, 6.45) is 1.52. The predicted octanol–water partition coefficient (Wildman–Crippen LogP) is 2.11. The largest absolute Gasteiger partial charge is 0.369 e. The van der Waals surface area contributed by atoms with Crippen LogP contribution in [0.15, 0.2) is 24.4 Å². The van der Waals surface area contributed by atoms with Crippen molar-refractivity contribution in [2.75, 3.05) is 5.73 Å². The van der Waals surface area contributed by atoms with E-state index in [0.29, 0.717) is 17.2 Å². The Hall–Kier alpha value is -1.84. The second-order valence-corrected chi connectivity index (χ2v) is 3.17. The van der Waals surface area contributed by atoms with Crippen LogP contribution < -0.4 is 5.73 Å². The molecule has 0 radical (unpaired) electrons. The number of nitrogens with two attached hydrogens (primary N) is 1. The summed E-state index contributed by atoms with van der Waals surface area (Å²) < 4.78 is 13.5. The Balaban J connectivity index is 2.52. The molecule has 14 heavy (non-hydrogen) atoms. The number of halogens is 1. The number of H-pyrrole nitrogens is 1. The molecular formula is C10H10FN3. The van der Waals surface area contributed by atoms with E-state index < -0.39 is 0 Å². The fraction of sp³-hybridized carbons (Fsp3) is 0.100. The highest BCUT2D eigenvalue weighted by atomic mass is 19.1. The number of imidazole rings is 1. The molecule has 3 nitrogen and oxygen atoms in total. The van der Waals surface area contributed by atoms with E-state index in [1.165, 1.54) is 12.3 Å². The Labute approximate surface area is 80.8 Å². The van der Waals surface area contributed by atoms with Crippen LogP contribution in [0.4, 0.5) is 10.3 Å². The van der Waals surface area contributed by atoms with Gasteiger partial charge in [-0.15, -0.1) is 0 Å². The van der Waals surface area contributed by atoms with Crippen molar-refractivity contribution in [2.45, 2.75) is 6.92 Å². The molecule has 1 heterocycles. The Morgan fingerprint density at radius 3 is 2.79 bits per heavy atom. The number of anilines is 1. The number of aryl methyl sites for hydroxylation is 1. The van der Waals surface area contributed by atoms with Gasteiger partial charge in [0.2, 0.25) is 0 Å². The van der Waals surface area contributed by atoms with Gasteiger partial charge in [0.05, 0.1) is 11.9 Å². The molecule has 0 fully saturated rings. The third kappa shape index (κ3) is 1.46. The van der Waals surface area contributed by atoms with E-state index >= 15 is 0 Å². The molecule has 0 aliphatic heterocycles. The average Bonchev–Trinajstić information content (AvgIpc) is 2.51. The van der Waals surface area contributed by atoms with Crippen LogP contribution in [0.3, 0.4) is 0 Å². The maximum atomic E-state index is 13.5. The molecule has 0 spiro atoms. The van der Waals surface area contributed by atoms with Crippen LogP contribution in [0.5, 0.6) is 0 Å². The monoisotopic (exact) mass is 191 g/mol. The number of nitrogens with zero attached hydrogens (tertiary/aromatic N) is 1. The van der Waals surface area contributed by atoms with Gasteiger partial charge in [-0.05, 0) is 24.6 Å². The highest BCUT2D eigenvalue weighted by Crippen LogP contribution is 2.21. The van der Waals surface area contributed by atoms with Crippen LogP contribution >= 0.6 is 0 Å². The molecule has 0 unspecified atom stereocenters. The highest BCUT2D eigenvalue weighted by Gasteiger charge is 2.06. The van der Waals surface area contributed by atoms with Crippen LogP contribution in [0, 0.1) is 12.7 Å². The number of hydrogen-bond donors (Lipinski definition) is 2. The van der Waals surface area contributed by atoms with E-state index in [2.05, 4.69) is 9.97 Å². The molecule has 1 aromatic heterocycles. The van der Waals surface area contributed by atoms with Gasteiger partial charge in [-0.2, -0.15) is 0 Å². The molecule has 3 N–H and O–H groups in total. The summed E-state index contributed by atoms with van der Waals surface area (Å²) in [5, 5.41) is 0. The molecular weight excluding hydrogens is 181 g/mol. The van der Waals surface area contributed by atoms with Crippen LogP contribution in [0.1, 0.15) is 5.56 Å². The van der Waals surface area contributed by atoms with Gasteiger partial charge in [0.25, 0.3) is 0 Å². The molecule has 4 heteroatoms. The first-order valence-electron chi connectivity index (χ1n) is 4.24. The number of hydrogen-bond acceptors (Lipinski definition) is 2. The third-order valence-corrected chi connectivity index (χ3v) is 2.01. The number of rotatable bonds is 1. The standard InChI is InChI=1S/C10H10FN3/c1-6-2-3-7(8(11)4-6)9-5-13-10(12)14-9/h2-5H,1H3,(H3,12,13,14). The van der Waals surface area contributed by atoms with Crippen molar-refractivity contribution in [1.29, 1.82) is 0 Å². The maximum absolute atomic E-state index is 13.5. The van der Waals surface area contributed by atoms with Gasteiger partial charge in [0, 0.05) is 5.56 Å². The number of benzene rings is 1. The number of nitrogen functional groups attached to an aromatic ring is 1. The van der Waals surface area contributed by atoms with Crippen LogP contribution in [-0.4, -0.2) is 9.97 Å². The summed E-state index contributed by atoms with van der Waals surface area (Å²) in [7, 11) is 0. The third-order valence-electron chi connectivity index (χ3n) is 2.01. The molecule has 2 aromatic rings. The lowest BCUT2D eigenvalue weighted by atomic mass is 10.1. The van der Waals surface area contributed by atoms with Gasteiger partial charge < -0.3 is 10.7 Å². The van der Waals surface area contributed by atoms with E-state index in [4.69, 9.17) is 5.73 Å². The lowest BCUT2D eigenvalue weighted by molar-refractivity contribution is 0.629. The van der Waals surface area contributed by atoms with Crippen molar-refractivity contribution < 1.29 is 4.39 Å². The number of aromatic nitrogens is 2. The summed E-state index contributed by atoms with van der Waals surface area (Å²) >= 11 is 0. The van der Waals surface area contributed by atoms with Gasteiger partial charge in [-0.1, -0.05) is 6.07 Å². The molecule has 0 atom stereocenters. The molecule has 0 bridgehead atoms. The number of nitrogens with one attached hydrogen (secondary N) is 1. The molecule has 0 amide bonds. The second kappa shape index (κ2) is 3.14. The first-order chi connectivity index (χ1) is 6.66. The van der Waals surface area contributed by atoms with E-state index in [-0.39, 0.29) is 5.82 Å². The van der Waals surface area contributed by atoms with E-state index in [1.54, 1.807) is 6.07 Å². The molecule has 0 saturated carbocycles. The first-order valence-corrected chi connectivity index (χ1v) is 4.24. The van der Waals surface area contributed by atoms with Crippen molar-refractivity contribution in [3.05, 3.63) is 35.8 Å². The van der Waals surface area contributed by atoms with Crippen molar-refractivity contribution in [3.63, 3.8) is 0 Å². The lowest BCUT2D eigenvalue weighted by Gasteiger charge is -2.00. The summed E-state index contributed by atoms with van der Waals surface area (Å²) in [5.41, 5.74) is 7.38. The number of aromatic amines is 1. The Morgan fingerprint density at radius 2 is 2.21 bits per heavy atom. The minimum atomic E-state index is -0.270. The molecule has 1 aromatic carbocycles. The zero-order chi connectivity index (χ0) is 10.1. The SMILES string of the molecule is Cc1ccc(-c2cnc(N)[nH]2)c(F)c1. The molecule has 72 valence electrons. The van der Waals surface area contributed by atoms with Crippen molar-refractivity contribution in [3.8, 4) is 11.3 Å². The predicted molar refractivity (Wildman–Crippen MR) is 53.1 cm³/mol. The van der Waals surface area contributed by atoms with Gasteiger partial charge in [0.15, 0.2) is 5.95 Å². The summed E-state index contributed by atoms with van der Waals surface area (Å²) in [6.45, 7) is 1.84. The van der Waals surface area contributed by atoms with Gasteiger partial charge in [-0.3, -0.25) is 0 Å². The van der Waals surface area contributed by atoms with E-state index in [1.807, 2.05) is 13.0 Å². The van der Waals surface area contributed by atoms with Crippen molar-refractivity contribution in [2.24, 2.45) is 0 Å². The fourth-order valence-electron chi connectivity index (χ4n) is 1.31. The normalized spacial score (nSPS) is 10.4.